The first-order chi connectivity index (χ1) is 7.66. The molecule has 0 aromatic heterocycles. The van der Waals surface area contributed by atoms with Crippen LogP contribution in [0.15, 0.2) is 0 Å². The van der Waals surface area contributed by atoms with Crippen molar-refractivity contribution >= 4 is 32.1 Å². The minimum absolute atomic E-state index is 0.0205. The van der Waals surface area contributed by atoms with Crippen molar-refractivity contribution in [1.82, 2.24) is 5.32 Å². The van der Waals surface area contributed by atoms with Crippen LogP contribution in [0.4, 0.5) is 0 Å². The molecule has 93 valence electrons. The van der Waals surface area contributed by atoms with Crippen molar-refractivity contribution in [2.24, 2.45) is 0 Å². The SMILES string of the molecule is O=C(O)CCCCC(=O)NCCC[SiH]O[SiH3]. The van der Waals surface area contributed by atoms with Crippen molar-refractivity contribution in [2.45, 2.75) is 38.1 Å². The fourth-order valence-electron chi connectivity index (χ4n) is 1.18. The van der Waals surface area contributed by atoms with Crippen LogP contribution in [0, 0.1) is 0 Å². The molecule has 0 aromatic carbocycles. The maximum absolute atomic E-state index is 11.2. The standard InChI is InChI=1S/C9H20NO4Si2/c11-8(4-1-2-5-9(12)13)10-6-3-7-16-14-15/h16H,1-7H2,15H3,(H,10,11)(H,12,13). The lowest BCUT2D eigenvalue weighted by molar-refractivity contribution is -0.137. The fraction of sp³-hybridized carbons (Fsp3) is 0.778. The third-order valence-electron chi connectivity index (χ3n) is 2.03. The van der Waals surface area contributed by atoms with Crippen LogP contribution >= 0.6 is 0 Å². The first kappa shape index (κ1) is 15.3. The van der Waals surface area contributed by atoms with Gasteiger partial charge in [0.25, 0.3) is 0 Å². The van der Waals surface area contributed by atoms with E-state index >= 15 is 0 Å². The number of aliphatic carboxylic acids is 1. The third kappa shape index (κ3) is 11.4. The Kier molecular flexibility index (Phi) is 10.4. The van der Waals surface area contributed by atoms with Gasteiger partial charge in [-0.15, -0.1) is 0 Å². The van der Waals surface area contributed by atoms with E-state index in [0.717, 1.165) is 23.0 Å². The fourth-order valence-corrected chi connectivity index (χ4v) is 2.49. The van der Waals surface area contributed by atoms with Crippen LogP contribution in [-0.2, 0) is 13.7 Å². The Morgan fingerprint density at radius 2 is 1.94 bits per heavy atom. The lowest BCUT2D eigenvalue weighted by atomic mass is 10.2. The summed E-state index contributed by atoms with van der Waals surface area (Å²) in [6, 6.07) is 1.06. The first-order valence-electron chi connectivity index (χ1n) is 5.49. The summed E-state index contributed by atoms with van der Waals surface area (Å²) < 4.78 is 5.10. The van der Waals surface area contributed by atoms with Crippen molar-refractivity contribution < 1.29 is 18.8 Å². The van der Waals surface area contributed by atoms with E-state index in [1.54, 1.807) is 0 Å². The molecule has 0 atom stereocenters. The number of rotatable bonds is 10. The maximum atomic E-state index is 11.2. The van der Waals surface area contributed by atoms with Gasteiger partial charge < -0.3 is 14.5 Å². The summed E-state index contributed by atoms with van der Waals surface area (Å²) in [5.41, 5.74) is 0. The summed E-state index contributed by atoms with van der Waals surface area (Å²) in [7, 11) is 0.933. The highest BCUT2D eigenvalue weighted by atomic mass is 28.3. The molecule has 0 aromatic rings. The second kappa shape index (κ2) is 10.8. The summed E-state index contributed by atoms with van der Waals surface area (Å²) in [5, 5.41) is 11.2. The second-order valence-electron chi connectivity index (χ2n) is 3.50. The molecule has 0 fully saturated rings. The molecule has 0 unspecified atom stereocenters. The number of carboxylic acid groups (broad SMARTS) is 1. The van der Waals surface area contributed by atoms with E-state index in [2.05, 4.69) is 5.32 Å². The van der Waals surface area contributed by atoms with Crippen LogP contribution < -0.4 is 5.32 Å². The van der Waals surface area contributed by atoms with E-state index in [0.29, 0.717) is 25.8 Å². The van der Waals surface area contributed by atoms with Gasteiger partial charge in [0.05, 0.1) is 0 Å². The Bertz CT molecular complexity index is 214. The zero-order valence-corrected chi connectivity index (χ0v) is 12.9. The molecule has 0 bridgehead atoms. The monoisotopic (exact) mass is 262 g/mol. The van der Waals surface area contributed by atoms with Gasteiger partial charge in [0.2, 0.25) is 5.91 Å². The van der Waals surface area contributed by atoms with Crippen LogP contribution in [0.3, 0.4) is 0 Å². The average molecular weight is 262 g/mol. The molecule has 16 heavy (non-hydrogen) atoms. The summed E-state index contributed by atoms with van der Waals surface area (Å²) in [6.07, 6.45) is 2.76. The third-order valence-corrected chi connectivity index (χ3v) is 4.01. The van der Waals surface area contributed by atoms with Gasteiger partial charge in [-0.1, -0.05) is 0 Å². The van der Waals surface area contributed by atoms with Gasteiger partial charge in [-0.2, -0.15) is 0 Å². The van der Waals surface area contributed by atoms with E-state index in [-0.39, 0.29) is 22.1 Å². The molecule has 5 nitrogen and oxygen atoms in total. The zero-order valence-electron chi connectivity index (χ0n) is 9.70. The molecule has 0 saturated carbocycles. The largest absolute Gasteiger partial charge is 0.481 e. The van der Waals surface area contributed by atoms with E-state index in [1.807, 2.05) is 0 Å². The number of carbonyl (C=O) groups is 2. The number of carboxylic acids is 1. The number of unbranched alkanes of at least 4 members (excludes halogenated alkanes) is 1. The van der Waals surface area contributed by atoms with Crippen molar-refractivity contribution in [3.8, 4) is 0 Å². The van der Waals surface area contributed by atoms with E-state index in [4.69, 9.17) is 9.22 Å². The van der Waals surface area contributed by atoms with Gasteiger partial charge in [-0.05, 0) is 25.3 Å². The summed E-state index contributed by atoms with van der Waals surface area (Å²) in [4.78, 5) is 21.5. The van der Waals surface area contributed by atoms with Gasteiger partial charge in [0, 0.05) is 19.4 Å². The van der Waals surface area contributed by atoms with Gasteiger partial charge in [-0.25, -0.2) is 0 Å². The smallest absolute Gasteiger partial charge is 0.303 e. The normalized spacial score (nSPS) is 10.2. The topological polar surface area (TPSA) is 75.6 Å². The van der Waals surface area contributed by atoms with E-state index in [9.17, 15) is 9.59 Å². The van der Waals surface area contributed by atoms with E-state index < -0.39 is 5.97 Å². The molecule has 0 spiro atoms. The van der Waals surface area contributed by atoms with Crippen LogP contribution in [0.25, 0.3) is 0 Å². The van der Waals surface area contributed by atoms with E-state index in [1.165, 1.54) is 0 Å². The van der Waals surface area contributed by atoms with Gasteiger partial charge >= 0.3 is 5.97 Å². The zero-order chi connectivity index (χ0) is 12.2. The van der Waals surface area contributed by atoms with Gasteiger partial charge in [-0.3, -0.25) is 9.59 Å². The molecule has 0 aliphatic carbocycles. The highest BCUT2D eigenvalue weighted by Crippen LogP contribution is 1.99. The maximum Gasteiger partial charge on any atom is 0.303 e. The lowest BCUT2D eigenvalue weighted by Crippen LogP contribution is -2.24. The molecule has 1 amide bonds. The first-order valence-corrected chi connectivity index (χ1v) is 7.60. The Hall–Kier alpha value is -0.666. The Morgan fingerprint density at radius 1 is 1.25 bits per heavy atom. The minimum atomic E-state index is -0.800. The van der Waals surface area contributed by atoms with Crippen LogP contribution in [-0.4, -0.2) is 43.8 Å². The molecule has 0 rings (SSSR count). The van der Waals surface area contributed by atoms with Crippen molar-refractivity contribution in [1.29, 1.82) is 0 Å². The number of nitrogens with one attached hydrogen (secondary N) is 1. The number of carbonyl (C=O) groups excluding carboxylic acids is 1. The summed E-state index contributed by atoms with van der Waals surface area (Å²) in [5.74, 6) is -0.779. The molecule has 0 heterocycles. The number of amides is 1. The average Bonchev–Trinajstić information content (AvgIpc) is 2.24. The number of hydrogen-bond acceptors (Lipinski definition) is 3. The van der Waals surface area contributed by atoms with Crippen molar-refractivity contribution in [3.05, 3.63) is 0 Å². The lowest BCUT2D eigenvalue weighted by Gasteiger charge is -2.04. The van der Waals surface area contributed by atoms with Gasteiger partial charge in [0.15, 0.2) is 9.76 Å². The van der Waals surface area contributed by atoms with Crippen LogP contribution in [0.1, 0.15) is 32.1 Å². The molecule has 0 aliphatic heterocycles. The predicted octanol–water partition coefficient (Wildman–Crippen LogP) is -0.796. The second-order valence-corrected chi connectivity index (χ2v) is 6.29. The quantitative estimate of drug-likeness (QED) is 0.399. The van der Waals surface area contributed by atoms with Crippen LogP contribution in [0.2, 0.25) is 6.04 Å². The number of hydrogen-bond donors (Lipinski definition) is 2. The summed E-state index contributed by atoms with van der Waals surface area (Å²) >= 11 is 0. The highest BCUT2D eigenvalue weighted by Gasteiger charge is 2.02. The summed E-state index contributed by atoms with van der Waals surface area (Å²) in [6.45, 7) is 0.704. The molecule has 0 aliphatic rings. The van der Waals surface area contributed by atoms with Crippen LogP contribution in [0.5, 0.6) is 0 Å². The molecule has 1 radical (unpaired) electrons. The molecular weight excluding hydrogens is 242 g/mol. The molecular formula is C9H20NO4Si2. The predicted molar refractivity (Wildman–Crippen MR) is 66.7 cm³/mol. The highest BCUT2D eigenvalue weighted by molar-refractivity contribution is 6.34. The Morgan fingerprint density at radius 3 is 2.56 bits per heavy atom. The van der Waals surface area contributed by atoms with Crippen molar-refractivity contribution in [3.63, 3.8) is 0 Å². The minimum Gasteiger partial charge on any atom is -0.481 e. The van der Waals surface area contributed by atoms with Gasteiger partial charge in [0.1, 0.15) is 10.5 Å². The molecule has 7 heteroatoms. The molecule has 2 N–H and O–H groups in total. The Labute approximate surface area is 101 Å². The molecule has 0 saturated heterocycles. The van der Waals surface area contributed by atoms with Crippen molar-refractivity contribution in [2.75, 3.05) is 6.54 Å². The Balaban J connectivity index is 3.21.